The van der Waals surface area contributed by atoms with Crippen molar-refractivity contribution in [3.8, 4) is 17.2 Å². The van der Waals surface area contributed by atoms with Crippen LogP contribution in [0.2, 0.25) is 0 Å². The number of ether oxygens (including phenoxy) is 2. The van der Waals surface area contributed by atoms with Crippen molar-refractivity contribution < 1.29 is 14.3 Å². The Labute approximate surface area is 118 Å². The molecule has 0 saturated carbocycles. The number of carbonyl (C=O) groups is 1. The van der Waals surface area contributed by atoms with E-state index in [0.29, 0.717) is 23.7 Å². The van der Waals surface area contributed by atoms with Crippen molar-refractivity contribution in [3.05, 3.63) is 54.1 Å². The Balaban J connectivity index is 2.12. The molecule has 0 aliphatic heterocycles. The number of carbonyl (C=O) groups excluding carboxylic acids is 1. The number of primary amides is 1. The highest BCUT2D eigenvalue weighted by molar-refractivity contribution is 5.95. The van der Waals surface area contributed by atoms with Gasteiger partial charge in [-0.2, -0.15) is 0 Å². The van der Waals surface area contributed by atoms with Gasteiger partial charge in [-0.3, -0.25) is 4.79 Å². The van der Waals surface area contributed by atoms with Crippen LogP contribution in [0.4, 0.5) is 0 Å². The van der Waals surface area contributed by atoms with Gasteiger partial charge >= 0.3 is 0 Å². The molecule has 4 heteroatoms. The van der Waals surface area contributed by atoms with Gasteiger partial charge in [-0.15, -0.1) is 0 Å². The standard InChI is InChI=1S/C16H17NO3/c1-2-11-19-12-7-9-13(10-8-12)20-15-6-4-3-5-14(15)16(17)18/h3-10H,2,11H2,1H3,(H2,17,18). The maximum absolute atomic E-state index is 11.3. The third-order valence-electron chi connectivity index (χ3n) is 2.68. The predicted octanol–water partition coefficient (Wildman–Crippen LogP) is 3.37. The second-order valence-corrected chi connectivity index (χ2v) is 4.28. The SMILES string of the molecule is CCCOc1ccc(Oc2ccccc2C(N)=O)cc1. The molecule has 20 heavy (non-hydrogen) atoms. The number of amides is 1. The van der Waals surface area contributed by atoms with Gasteiger partial charge in [0.2, 0.25) is 0 Å². The van der Waals surface area contributed by atoms with E-state index in [0.717, 1.165) is 12.2 Å². The van der Waals surface area contributed by atoms with Crippen molar-refractivity contribution in [1.29, 1.82) is 0 Å². The third kappa shape index (κ3) is 3.51. The van der Waals surface area contributed by atoms with Crippen LogP contribution in [0.25, 0.3) is 0 Å². The Kier molecular flexibility index (Phi) is 4.60. The Morgan fingerprint density at radius 2 is 1.70 bits per heavy atom. The summed E-state index contributed by atoms with van der Waals surface area (Å²) in [4.78, 5) is 11.3. The summed E-state index contributed by atoms with van der Waals surface area (Å²) in [7, 11) is 0. The molecule has 0 spiro atoms. The molecule has 1 amide bonds. The third-order valence-corrected chi connectivity index (χ3v) is 2.68. The van der Waals surface area contributed by atoms with E-state index in [1.54, 1.807) is 36.4 Å². The van der Waals surface area contributed by atoms with Crippen molar-refractivity contribution in [2.45, 2.75) is 13.3 Å². The van der Waals surface area contributed by atoms with Crippen molar-refractivity contribution in [1.82, 2.24) is 0 Å². The molecule has 0 atom stereocenters. The molecule has 0 unspecified atom stereocenters. The lowest BCUT2D eigenvalue weighted by Gasteiger charge is -2.10. The molecule has 104 valence electrons. The molecule has 2 aromatic carbocycles. The normalized spacial score (nSPS) is 10.1. The molecule has 0 bridgehead atoms. The molecule has 2 N–H and O–H groups in total. The van der Waals surface area contributed by atoms with E-state index < -0.39 is 5.91 Å². The minimum Gasteiger partial charge on any atom is -0.494 e. The molecule has 0 radical (unpaired) electrons. The molecule has 4 nitrogen and oxygen atoms in total. The minimum atomic E-state index is -0.511. The van der Waals surface area contributed by atoms with Crippen LogP contribution in [0.15, 0.2) is 48.5 Å². The fourth-order valence-corrected chi connectivity index (χ4v) is 1.71. The lowest BCUT2D eigenvalue weighted by Crippen LogP contribution is -2.11. The lowest BCUT2D eigenvalue weighted by atomic mass is 10.2. The second-order valence-electron chi connectivity index (χ2n) is 4.28. The summed E-state index contributed by atoms with van der Waals surface area (Å²) < 4.78 is 11.2. The maximum atomic E-state index is 11.3. The summed E-state index contributed by atoms with van der Waals surface area (Å²) in [5, 5.41) is 0. The van der Waals surface area contributed by atoms with E-state index in [1.807, 2.05) is 12.1 Å². The van der Waals surface area contributed by atoms with Gasteiger partial charge in [0.25, 0.3) is 5.91 Å². The summed E-state index contributed by atoms with van der Waals surface area (Å²) in [6.45, 7) is 2.74. The maximum Gasteiger partial charge on any atom is 0.252 e. The van der Waals surface area contributed by atoms with Crippen LogP contribution in [-0.2, 0) is 0 Å². The first-order chi connectivity index (χ1) is 9.70. The molecule has 0 aromatic heterocycles. The topological polar surface area (TPSA) is 61.6 Å². The highest BCUT2D eigenvalue weighted by atomic mass is 16.5. The minimum absolute atomic E-state index is 0.360. The average Bonchev–Trinajstić information content (AvgIpc) is 2.47. The van der Waals surface area contributed by atoms with Gasteiger partial charge in [-0.05, 0) is 42.8 Å². The molecular formula is C16H17NO3. The summed E-state index contributed by atoms with van der Waals surface area (Å²) in [6, 6.07) is 14.1. The molecule has 0 aliphatic carbocycles. The Hall–Kier alpha value is -2.49. The van der Waals surface area contributed by atoms with Crippen molar-refractivity contribution in [3.63, 3.8) is 0 Å². The Bertz CT molecular complexity index is 579. The quantitative estimate of drug-likeness (QED) is 0.876. The van der Waals surface area contributed by atoms with E-state index >= 15 is 0 Å². The summed E-state index contributed by atoms with van der Waals surface area (Å²) in [5.74, 6) is 1.36. The van der Waals surface area contributed by atoms with Gasteiger partial charge in [0, 0.05) is 0 Å². The van der Waals surface area contributed by atoms with Gasteiger partial charge in [-0.25, -0.2) is 0 Å². The van der Waals surface area contributed by atoms with Crippen LogP contribution < -0.4 is 15.2 Å². The van der Waals surface area contributed by atoms with Crippen LogP contribution in [0, 0.1) is 0 Å². The zero-order valence-electron chi connectivity index (χ0n) is 11.3. The Morgan fingerprint density at radius 1 is 1.05 bits per heavy atom. The van der Waals surface area contributed by atoms with E-state index in [2.05, 4.69) is 6.92 Å². The Morgan fingerprint density at radius 3 is 2.35 bits per heavy atom. The first-order valence-electron chi connectivity index (χ1n) is 6.50. The van der Waals surface area contributed by atoms with Gasteiger partial charge < -0.3 is 15.2 Å². The first-order valence-corrected chi connectivity index (χ1v) is 6.50. The van der Waals surface area contributed by atoms with Crippen LogP contribution >= 0.6 is 0 Å². The summed E-state index contributed by atoms with van der Waals surface area (Å²) in [6.07, 6.45) is 0.963. The van der Waals surface area contributed by atoms with E-state index in [-0.39, 0.29) is 0 Å². The van der Waals surface area contributed by atoms with Crippen molar-refractivity contribution in [2.24, 2.45) is 5.73 Å². The van der Waals surface area contributed by atoms with E-state index in [1.165, 1.54) is 0 Å². The number of hydrogen-bond donors (Lipinski definition) is 1. The number of rotatable bonds is 6. The van der Waals surface area contributed by atoms with Gasteiger partial charge in [-0.1, -0.05) is 19.1 Å². The highest BCUT2D eigenvalue weighted by Gasteiger charge is 2.09. The van der Waals surface area contributed by atoms with Crippen LogP contribution in [0.5, 0.6) is 17.2 Å². The van der Waals surface area contributed by atoms with Crippen molar-refractivity contribution in [2.75, 3.05) is 6.61 Å². The van der Waals surface area contributed by atoms with Crippen LogP contribution in [0.3, 0.4) is 0 Å². The molecule has 2 aromatic rings. The van der Waals surface area contributed by atoms with Gasteiger partial charge in [0.05, 0.1) is 12.2 Å². The van der Waals surface area contributed by atoms with E-state index in [9.17, 15) is 4.79 Å². The zero-order valence-corrected chi connectivity index (χ0v) is 11.3. The number of para-hydroxylation sites is 1. The predicted molar refractivity (Wildman–Crippen MR) is 77.3 cm³/mol. The average molecular weight is 271 g/mol. The molecule has 0 aliphatic rings. The summed E-state index contributed by atoms with van der Waals surface area (Å²) >= 11 is 0. The zero-order chi connectivity index (χ0) is 14.4. The van der Waals surface area contributed by atoms with Crippen LogP contribution in [-0.4, -0.2) is 12.5 Å². The second kappa shape index (κ2) is 6.61. The monoisotopic (exact) mass is 271 g/mol. The molecule has 0 heterocycles. The highest BCUT2D eigenvalue weighted by Crippen LogP contribution is 2.26. The van der Waals surface area contributed by atoms with Gasteiger partial charge in [0.1, 0.15) is 17.2 Å². The molecule has 2 rings (SSSR count). The van der Waals surface area contributed by atoms with Crippen LogP contribution in [0.1, 0.15) is 23.7 Å². The smallest absolute Gasteiger partial charge is 0.252 e. The molecule has 0 fully saturated rings. The van der Waals surface area contributed by atoms with E-state index in [4.69, 9.17) is 15.2 Å². The fourth-order valence-electron chi connectivity index (χ4n) is 1.71. The fraction of sp³-hybridized carbons (Fsp3) is 0.188. The number of hydrogen-bond acceptors (Lipinski definition) is 3. The molecular weight excluding hydrogens is 254 g/mol. The number of benzene rings is 2. The lowest BCUT2D eigenvalue weighted by molar-refractivity contribution is 0.0998. The largest absolute Gasteiger partial charge is 0.494 e. The molecule has 0 saturated heterocycles. The first kappa shape index (κ1) is 13.9. The van der Waals surface area contributed by atoms with Crippen molar-refractivity contribution >= 4 is 5.91 Å². The van der Waals surface area contributed by atoms with Gasteiger partial charge in [0.15, 0.2) is 0 Å². The summed E-state index contributed by atoms with van der Waals surface area (Å²) in [5.41, 5.74) is 5.67. The number of nitrogens with two attached hydrogens (primary N) is 1.